The topological polar surface area (TPSA) is 144 Å². The van der Waals surface area contributed by atoms with Crippen molar-refractivity contribution in [3.63, 3.8) is 0 Å². The number of carboxylic acids is 2. The normalized spacial score (nSPS) is 11.4. The highest BCUT2D eigenvalue weighted by molar-refractivity contribution is 6.32. The second-order valence-corrected chi connectivity index (χ2v) is 4.56. The molecule has 0 aliphatic carbocycles. The maximum atomic E-state index is 10.4. The number of rotatable bonds is 8. The summed E-state index contributed by atoms with van der Waals surface area (Å²) in [6.45, 7) is 4.22. The Morgan fingerprint density at radius 1 is 1.11 bits per heavy atom. The van der Waals surface area contributed by atoms with E-state index in [9.17, 15) is 14.4 Å². The van der Waals surface area contributed by atoms with Gasteiger partial charge in [0.15, 0.2) is 0 Å². The molecule has 19 heavy (non-hydrogen) atoms. The lowest BCUT2D eigenvalue weighted by atomic mass is 10.1. The number of Topliss-reactive ketones (excluding diaryl/α,β-unsaturated/α-hetero) is 1. The molecule has 0 radical (unpaired) electrons. The lowest BCUT2D eigenvalue weighted by Crippen LogP contribution is -2.29. The summed E-state index contributed by atoms with van der Waals surface area (Å²) in [5.74, 6) is -2.83. The zero-order chi connectivity index (χ0) is 15.4. The van der Waals surface area contributed by atoms with Crippen molar-refractivity contribution < 1.29 is 24.6 Å². The van der Waals surface area contributed by atoms with Gasteiger partial charge in [-0.2, -0.15) is 0 Å². The zero-order valence-corrected chi connectivity index (χ0v) is 11.5. The van der Waals surface area contributed by atoms with Crippen LogP contribution in [-0.4, -0.2) is 40.5 Å². The molecule has 1 atom stereocenters. The minimum Gasteiger partial charge on any atom is -0.480 e. The molecule has 0 aromatic carbocycles. The van der Waals surface area contributed by atoms with Crippen molar-refractivity contribution in [2.24, 2.45) is 17.4 Å². The number of hydrogen-bond donors (Lipinski definition) is 4. The monoisotopic (exact) mass is 276 g/mol. The van der Waals surface area contributed by atoms with Crippen LogP contribution in [0.4, 0.5) is 0 Å². The maximum absolute atomic E-state index is 10.4. The number of ketones is 1. The number of carbonyl (C=O) groups is 3. The van der Waals surface area contributed by atoms with Gasteiger partial charge in [0, 0.05) is 6.42 Å². The summed E-state index contributed by atoms with van der Waals surface area (Å²) in [4.78, 5) is 30.4. The molecule has 0 aliphatic heterocycles. The Morgan fingerprint density at radius 2 is 1.63 bits per heavy atom. The molecule has 0 spiro atoms. The molecule has 0 aliphatic rings. The van der Waals surface area contributed by atoms with Gasteiger partial charge in [-0.15, -0.1) is 0 Å². The van der Waals surface area contributed by atoms with Gasteiger partial charge in [0.1, 0.15) is 6.04 Å². The van der Waals surface area contributed by atoms with Gasteiger partial charge in [-0.1, -0.05) is 20.3 Å². The molecule has 0 fully saturated rings. The molecule has 0 aromatic rings. The van der Waals surface area contributed by atoms with Crippen LogP contribution in [0.25, 0.3) is 0 Å². The predicted octanol–water partition coefficient (Wildman–Crippen LogP) is 0.214. The second-order valence-electron chi connectivity index (χ2n) is 4.56. The van der Waals surface area contributed by atoms with Crippen LogP contribution in [-0.2, 0) is 14.4 Å². The summed E-state index contributed by atoms with van der Waals surface area (Å²) in [5.41, 5.74) is 10.4. The molecule has 0 amide bonds. The molecule has 1 unspecified atom stereocenters. The zero-order valence-electron chi connectivity index (χ0n) is 11.5. The van der Waals surface area contributed by atoms with Crippen molar-refractivity contribution >= 4 is 17.7 Å². The molecular formula is C12H24N2O5. The van der Waals surface area contributed by atoms with E-state index in [0.717, 1.165) is 12.8 Å². The van der Waals surface area contributed by atoms with Gasteiger partial charge in [0.2, 0.25) is 5.78 Å². The standard InChI is InChI=1S/C6H14N2O2.C6H10O3/c7-4-2-1-3-5(8)6(9)10;1-4(2)3-5(7)6(8)9/h5H,1-4,7-8H2,(H,9,10);4H,3H2,1-2H3,(H,8,9). The molecule has 0 aromatic heterocycles. The number of nitrogens with two attached hydrogens (primary N) is 2. The Labute approximate surface area is 113 Å². The first-order valence-electron chi connectivity index (χ1n) is 6.16. The average molecular weight is 276 g/mol. The second kappa shape index (κ2) is 11.6. The number of hydrogen-bond acceptors (Lipinski definition) is 5. The summed E-state index contributed by atoms with van der Waals surface area (Å²) in [7, 11) is 0. The van der Waals surface area contributed by atoms with Crippen LogP contribution in [0.3, 0.4) is 0 Å². The van der Waals surface area contributed by atoms with E-state index in [1.807, 2.05) is 0 Å². The highest BCUT2D eigenvalue weighted by atomic mass is 16.4. The summed E-state index contributed by atoms with van der Waals surface area (Å²) in [5, 5.41) is 16.4. The van der Waals surface area contributed by atoms with Crippen molar-refractivity contribution in [2.75, 3.05) is 6.54 Å². The predicted molar refractivity (Wildman–Crippen MR) is 70.6 cm³/mol. The van der Waals surface area contributed by atoms with Gasteiger partial charge < -0.3 is 21.7 Å². The highest BCUT2D eigenvalue weighted by Gasteiger charge is 2.12. The molecule has 0 heterocycles. The Balaban J connectivity index is 0. The molecule has 7 heteroatoms. The minimum absolute atomic E-state index is 0.133. The van der Waals surface area contributed by atoms with E-state index in [1.165, 1.54) is 0 Å². The van der Waals surface area contributed by atoms with Crippen LogP contribution in [0.2, 0.25) is 0 Å². The number of carboxylic acid groups (broad SMARTS) is 2. The fourth-order valence-corrected chi connectivity index (χ4v) is 1.09. The van der Waals surface area contributed by atoms with E-state index >= 15 is 0 Å². The van der Waals surface area contributed by atoms with Gasteiger partial charge in [-0.05, 0) is 25.3 Å². The molecule has 0 bridgehead atoms. The largest absolute Gasteiger partial charge is 0.480 e. The summed E-state index contributed by atoms with van der Waals surface area (Å²) in [6.07, 6.45) is 2.30. The number of carbonyl (C=O) groups excluding carboxylic acids is 1. The molecule has 0 saturated carbocycles. The summed E-state index contributed by atoms with van der Waals surface area (Å²) in [6, 6.07) is -0.716. The molecule has 112 valence electrons. The molecule has 6 N–H and O–H groups in total. The Kier molecular flexibility index (Phi) is 12.1. The lowest BCUT2D eigenvalue weighted by Gasteiger charge is -2.03. The molecular weight excluding hydrogens is 252 g/mol. The first kappa shape index (κ1) is 19.9. The minimum atomic E-state index is -1.33. The average Bonchev–Trinajstić information content (AvgIpc) is 2.28. The number of aliphatic carboxylic acids is 2. The van der Waals surface area contributed by atoms with Crippen molar-refractivity contribution in [3.8, 4) is 0 Å². The Bertz CT molecular complexity index is 292. The van der Waals surface area contributed by atoms with E-state index in [1.54, 1.807) is 13.8 Å². The van der Waals surface area contributed by atoms with Gasteiger partial charge in [-0.25, -0.2) is 4.79 Å². The van der Waals surface area contributed by atoms with E-state index in [-0.39, 0.29) is 12.3 Å². The summed E-state index contributed by atoms with van der Waals surface area (Å²) >= 11 is 0. The van der Waals surface area contributed by atoms with Crippen LogP contribution in [0.1, 0.15) is 39.5 Å². The smallest absolute Gasteiger partial charge is 0.372 e. The van der Waals surface area contributed by atoms with Crippen LogP contribution >= 0.6 is 0 Å². The molecule has 0 rings (SSSR count). The van der Waals surface area contributed by atoms with Gasteiger partial charge >= 0.3 is 11.9 Å². The molecule has 0 saturated heterocycles. The van der Waals surface area contributed by atoms with Crippen LogP contribution in [0.15, 0.2) is 0 Å². The van der Waals surface area contributed by atoms with E-state index in [0.29, 0.717) is 13.0 Å². The van der Waals surface area contributed by atoms with Crippen molar-refractivity contribution in [3.05, 3.63) is 0 Å². The van der Waals surface area contributed by atoms with E-state index in [4.69, 9.17) is 21.7 Å². The lowest BCUT2D eigenvalue weighted by molar-refractivity contribution is -0.149. The van der Waals surface area contributed by atoms with Crippen LogP contribution < -0.4 is 11.5 Å². The third-order valence-corrected chi connectivity index (χ3v) is 2.12. The van der Waals surface area contributed by atoms with Crippen molar-refractivity contribution in [1.82, 2.24) is 0 Å². The van der Waals surface area contributed by atoms with Gasteiger partial charge in [0.05, 0.1) is 0 Å². The highest BCUT2D eigenvalue weighted by Crippen LogP contribution is 1.99. The van der Waals surface area contributed by atoms with Crippen molar-refractivity contribution in [2.45, 2.75) is 45.6 Å². The fraction of sp³-hybridized carbons (Fsp3) is 0.750. The first-order chi connectivity index (χ1) is 8.72. The SMILES string of the molecule is CC(C)CC(=O)C(=O)O.NCCCCC(N)C(=O)O. The van der Waals surface area contributed by atoms with E-state index < -0.39 is 23.8 Å². The van der Waals surface area contributed by atoms with Gasteiger partial charge in [-0.3, -0.25) is 9.59 Å². The maximum Gasteiger partial charge on any atom is 0.372 e. The Morgan fingerprint density at radius 3 is 1.89 bits per heavy atom. The van der Waals surface area contributed by atoms with E-state index in [2.05, 4.69) is 0 Å². The quantitative estimate of drug-likeness (QED) is 0.366. The third-order valence-electron chi connectivity index (χ3n) is 2.12. The van der Waals surface area contributed by atoms with Crippen molar-refractivity contribution in [1.29, 1.82) is 0 Å². The summed E-state index contributed by atoms with van der Waals surface area (Å²) < 4.78 is 0. The molecule has 7 nitrogen and oxygen atoms in total. The van der Waals surface area contributed by atoms with Gasteiger partial charge in [0.25, 0.3) is 0 Å². The fourth-order valence-electron chi connectivity index (χ4n) is 1.09. The Hall–Kier alpha value is -1.47. The van der Waals surface area contributed by atoms with Crippen LogP contribution in [0, 0.1) is 5.92 Å². The third kappa shape index (κ3) is 14.5. The number of unbranched alkanes of at least 4 members (excludes halogenated alkanes) is 1. The first-order valence-corrected chi connectivity index (χ1v) is 6.16. The van der Waals surface area contributed by atoms with Crippen LogP contribution in [0.5, 0.6) is 0 Å².